The lowest BCUT2D eigenvalue weighted by Gasteiger charge is -2.31. The van der Waals surface area contributed by atoms with Gasteiger partial charge >= 0.3 is 0 Å². The molecule has 1 heterocycles. The van der Waals surface area contributed by atoms with Crippen LogP contribution in [0.1, 0.15) is 25.0 Å². The quantitative estimate of drug-likeness (QED) is 0.330. The van der Waals surface area contributed by atoms with Gasteiger partial charge in [0.2, 0.25) is 0 Å². The van der Waals surface area contributed by atoms with E-state index < -0.39 is 5.60 Å². The van der Waals surface area contributed by atoms with Gasteiger partial charge in [-0.3, -0.25) is 9.69 Å². The molecule has 158 valence electrons. The Morgan fingerprint density at radius 1 is 1.06 bits per heavy atom. The predicted molar refractivity (Wildman–Crippen MR) is 128 cm³/mol. The number of amides is 1. The molecular formula is C25H23ClN2O2S. The molecule has 0 saturated heterocycles. The minimum absolute atomic E-state index is 0.165. The first-order valence-corrected chi connectivity index (χ1v) is 11.2. The molecule has 0 saturated carbocycles. The number of aryl methyl sites for hydroxylation is 1. The van der Waals surface area contributed by atoms with E-state index in [9.17, 15) is 4.79 Å². The summed E-state index contributed by atoms with van der Waals surface area (Å²) in [7, 11) is 0. The highest BCUT2D eigenvalue weighted by Gasteiger charge is 2.36. The summed E-state index contributed by atoms with van der Waals surface area (Å²) in [5, 5.41) is 1.27. The molecule has 0 bridgehead atoms. The van der Waals surface area contributed by atoms with Crippen molar-refractivity contribution in [3.63, 3.8) is 0 Å². The van der Waals surface area contributed by atoms with Crippen molar-refractivity contribution in [2.24, 2.45) is 0 Å². The average molecular weight is 451 g/mol. The molecule has 1 amide bonds. The molecule has 3 aromatic carbocycles. The largest absolute Gasteiger partial charge is 0.478 e. The van der Waals surface area contributed by atoms with Gasteiger partial charge in [-0.25, -0.2) is 4.98 Å². The van der Waals surface area contributed by atoms with Gasteiger partial charge in [-0.2, -0.15) is 0 Å². The summed E-state index contributed by atoms with van der Waals surface area (Å²) in [5.74, 6) is 0.421. The van der Waals surface area contributed by atoms with Gasteiger partial charge < -0.3 is 4.74 Å². The summed E-state index contributed by atoms with van der Waals surface area (Å²) in [6.07, 6.45) is 0. The molecule has 4 rings (SSSR count). The number of fused-ring (bicyclic) bond motifs is 1. The first-order valence-electron chi connectivity index (χ1n) is 9.99. The van der Waals surface area contributed by atoms with E-state index in [4.69, 9.17) is 21.3 Å². The summed E-state index contributed by atoms with van der Waals surface area (Å²) < 4.78 is 7.13. The van der Waals surface area contributed by atoms with Crippen molar-refractivity contribution in [3.05, 3.63) is 88.9 Å². The van der Waals surface area contributed by atoms with Crippen molar-refractivity contribution in [1.82, 2.24) is 4.98 Å². The summed E-state index contributed by atoms with van der Waals surface area (Å²) in [5.41, 5.74) is 1.97. The van der Waals surface area contributed by atoms with Crippen LogP contribution in [0.2, 0.25) is 5.02 Å². The second-order valence-corrected chi connectivity index (χ2v) is 9.36. The van der Waals surface area contributed by atoms with Crippen LogP contribution in [0.3, 0.4) is 0 Å². The predicted octanol–water partition coefficient (Wildman–Crippen LogP) is 6.65. The van der Waals surface area contributed by atoms with Gasteiger partial charge in [0, 0.05) is 5.02 Å². The highest BCUT2D eigenvalue weighted by Crippen LogP contribution is 2.33. The van der Waals surface area contributed by atoms with E-state index in [0.717, 1.165) is 21.3 Å². The number of thiazole rings is 1. The van der Waals surface area contributed by atoms with Gasteiger partial charge in [-0.1, -0.05) is 59.3 Å². The molecule has 6 heteroatoms. The lowest BCUT2D eigenvalue weighted by Crippen LogP contribution is -2.48. The molecule has 0 fully saturated rings. The van der Waals surface area contributed by atoms with Crippen LogP contribution < -0.4 is 9.64 Å². The molecule has 31 heavy (non-hydrogen) atoms. The van der Waals surface area contributed by atoms with E-state index in [1.165, 1.54) is 11.3 Å². The Morgan fingerprint density at radius 3 is 2.48 bits per heavy atom. The first kappa shape index (κ1) is 21.3. The summed E-state index contributed by atoms with van der Waals surface area (Å²) in [4.78, 5) is 20.2. The number of ether oxygens (including phenoxy) is 1. The third kappa shape index (κ3) is 4.89. The number of hydrogen-bond donors (Lipinski definition) is 0. The number of anilines is 1. The molecule has 0 aliphatic heterocycles. The van der Waals surface area contributed by atoms with Gasteiger partial charge in [0.15, 0.2) is 10.7 Å². The summed E-state index contributed by atoms with van der Waals surface area (Å²) >= 11 is 7.49. The summed E-state index contributed by atoms with van der Waals surface area (Å²) in [6.45, 7) is 6.01. The number of benzene rings is 3. The second-order valence-electron chi connectivity index (χ2n) is 7.91. The van der Waals surface area contributed by atoms with Crippen LogP contribution in [0.25, 0.3) is 10.2 Å². The average Bonchev–Trinajstić information content (AvgIpc) is 3.16. The van der Waals surface area contributed by atoms with E-state index in [2.05, 4.69) is 13.0 Å². The molecule has 4 nitrogen and oxygen atoms in total. The maximum absolute atomic E-state index is 13.7. The number of carbonyl (C=O) groups is 1. The molecule has 0 N–H and O–H groups in total. The van der Waals surface area contributed by atoms with Crippen LogP contribution in [0.4, 0.5) is 5.13 Å². The zero-order chi connectivity index (χ0) is 22.0. The molecule has 1 aromatic heterocycles. The van der Waals surface area contributed by atoms with Crippen molar-refractivity contribution in [2.75, 3.05) is 4.90 Å². The molecule has 4 aromatic rings. The molecule has 0 aliphatic rings. The zero-order valence-corrected chi connectivity index (χ0v) is 19.2. The van der Waals surface area contributed by atoms with E-state index in [1.54, 1.807) is 43.0 Å². The standard InChI is InChI=1S/C25H23ClN2O2S/c1-17-9-14-21-22(15-17)31-24(27-21)28(16-18-7-5-4-6-8-18)23(29)25(2,3)30-20-12-10-19(26)11-13-20/h4-15H,16H2,1-3H3. The first-order chi connectivity index (χ1) is 14.8. The number of hydrogen-bond acceptors (Lipinski definition) is 4. The highest BCUT2D eigenvalue weighted by atomic mass is 35.5. The van der Waals surface area contributed by atoms with Crippen molar-refractivity contribution in [1.29, 1.82) is 0 Å². The minimum atomic E-state index is -1.10. The Balaban J connectivity index is 1.69. The van der Waals surface area contributed by atoms with Crippen LogP contribution in [0.15, 0.2) is 72.8 Å². The molecule has 0 spiro atoms. The van der Waals surface area contributed by atoms with Crippen LogP contribution in [0.5, 0.6) is 5.75 Å². The molecule has 0 radical (unpaired) electrons. The van der Waals surface area contributed by atoms with Gasteiger partial charge in [0.1, 0.15) is 5.75 Å². The van der Waals surface area contributed by atoms with Gasteiger partial charge in [0.05, 0.1) is 16.8 Å². The maximum atomic E-state index is 13.7. The third-order valence-electron chi connectivity index (χ3n) is 4.89. The Morgan fingerprint density at radius 2 is 1.77 bits per heavy atom. The second kappa shape index (κ2) is 8.69. The van der Waals surface area contributed by atoms with Crippen molar-refractivity contribution >= 4 is 44.2 Å². The summed E-state index contributed by atoms with van der Waals surface area (Å²) in [6, 6.07) is 23.0. The van der Waals surface area contributed by atoms with E-state index >= 15 is 0 Å². The minimum Gasteiger partial charge on any atom is -0.478 e. The number of aromatic nitrogens is 1. The highest BCUT2D eigenvalue weighted by molar-refractivity contribution is 7.22. The van der Waals surface area contributed by atoms with Gasteiger partial charge in [-0.15, -0.1) is 0 Å². The van der Waals surface area contributed by atoms with Crippen LogP contribution in [-0.4, -0.2) is 16.5 Å². The van der Waals surface area contributed by atoms with Crippen molar-refractivity contribution in [2.45, 2.75) is 32.9 Å². The Hall–Kier alpha value is -2.89. The smallest absolute Gasteiger partial charge is 0.272 e. The maximum Gasteiger partial charge on any atom is 0.272 e. The number of halogens is 1. The van der Waals surface area contributed by atoms with Crippen LogP contribution in [-0.2, 0) is 11.3 Å². The number of carbonyl (C=O) groups excluding carboxylic acids is 1. The fourth-order valence-corrected chi connectivity index (χ4v) is 4.48. The molecule has 0 atom stereocenters. The molecular weight excluding hydrogens is 428 g/mol. The fourth-order valence-electron chi connectivity index (χ4n) is 3.29. The number of nitrogens with zero attached hydrogens (tertiary/aromatic N) is 2. The topological polar surface area (TPSA) is 42.4 Å². The van der Waals surface area contributed by atoms with Gasteiger partial charge in [0.25, 0.3) is 5.91 Å². The van der Waals surface area contributed by atoms with Crippen LogP contribution >= 0.6 is 22.9 Å². The Bertz CT molecular complexity index is 1200. The molecule has 0 unspecified atom stereocenters. The van der Waals surface area contributed by atoms with Crippen LogP contribution in [0, 0.1) is 6.92 Å². The zero-order valence-electron chi connectivity index (χ0n) is 17.6. The normalized spacial score (nSPS) is 11.5. The number of rotatable bonds is 6. The molecule has 0 aliphatic carbocycles. The monoisotopic (exact) mass is 450 g/mol. The van der Waals surface area contributed by atoms with Crippen molar-refractivity contribution in [3.8, 4) is 5.75 Å². The van der Waals surface area contributed by atoms with E-state index in [1.807, 2.05) is 42.5 Å². The van der Waals surface area contributed by atoms with Gasteiger partial charge in [-0.05, 0) is 68.3 Å². The van der Waals surface area contributed by atoms with Crippen molar-refractivity contribution < 1.29 is 9.53 Å². The third-order valence-corrected chi connectivity index (χ3v) is 6.19. The van der Waals surface area contributed by atoms with E-state index in [0.29, 0.717) is 22.4 Å². The lowest BCUT2D eigenvalue weighted by atomic mass is 10.1. The Kier molecular flexibility index (Phi) is 5.99. The fraction of sp³-hybridized carbons (Fsp3) is 0.200. The van der Waals surface area contributed by atoms with E-state index in [-0.39, 0.29) is 5.91 Å². The lowest BCUT2D eigenvalue weighted by molar-refractivity contribution is -0.131. The Labute approximate surface area is 191 Å². The SMILES string of the molecule is Cc1ccc2nc(N(Cc3ccccc3)C(=O)C(C)(C)Oc3ccc(Cl)cc3)sc2c1.